The Hall–Kier alpha value is -2.89. The van der Waals surface area contributed by atoms with Gasteiger partial charge in [0.15, 0.2) is 0 Å². The number of carbonyl (C=O) groups is 2. The van der Waals surface area contributed by atoms with Crippen LogP contribution in [0.25, 0.3) is 0 Å². The molecular weight excluding hydrogens is 301 g/mol. The monoisotopic (exact) mass is 317 g/mol. The third-order valence-electron chi connectivity index (χ3n) is 3.16. The Morgan fingerprint density at radius 2 is 1.61 bits per heavy atom. The van der Waals surface area contributed by atoms with E-state index in [1.54, 1.807) is 24.3 Å². The molecule has 5 nitrogen and oxygen atoms in total. The number of hydrogen-bond donors (Lipinski definition) is 1. The van der Waals surface area contributed by atoms with Crippen LogP contribution in [0.1, 0.15) is 26.3 Å². The van der Waals surface area contributed by atoms with Crippen LogP contribution in [-0.4, -0.2) is 26.2 Å². The molecule has 0 aliphatic heterocycles. The fourth-order valence-corrected chi connectivity index (χ4v) is 2.05. The second kappa shape index (κ2) is 7.40. The second-order valence-electron chi connectivity index (χ2n) is 4.77. The van der Waals surface area contributed by atoms with Gasteiger partial charge in [0.2, 0.25) is 0 Å². The number of nitrogens with one attached hydrogen (secondary N) is 1. The molecule has 0 radical (unpaired) electrons. The summed E-state index contributed by atoms with van der Waals surface area (Å²) in [6.45, 7) is 0.336. The lowest BCUT2D eigenvalue weighted by molar-refractivity contribution is 0.0599. The Bertz CT molecular complexity index is 696. The standard InChI is InChI=1S/C17H16FNO4/c1-22-16(20)12-7-13(17(21)23-2)9-15(8-12)19-10-11-4-3-5-14(18)6-11/h3-9,19H,10H2,1-2H3. The maximum Gasteiger partial charge on any atom is 0.337 e. The van der Waals surface area contributed by atoms with E-state index in [9.17, 15) is 14.0 Å². The zero-order chi connectivity index (χ0) is 16.8. The lowest BCUT2D eigenvalue weighted by Crippen LogP contribution is -2.09. The van der Waals surface area contributed by atoms with Crippen molar-refractivity contribution in [1.29, 1.82) is 0 Å². The van der Waals surface area contributed by atoms with Gasteiger partial charge in [0.05, 0.1) is 25.3 Å². The number of anilines is 1. The van der Waals surface area contributed by atoms with Crippen molar-refractivity contribution in [2.75, 3.05) is 19.5 Å². The van der Waals surface area contributed by atoms with Crippen molar-refractivity contribution in [3.63, 3.8) is 0 Å². The summed E-state index contributed by atoms with van der Waals surface area (Å²) in [6.07, 6.45) is 0. The first-order chi connectivity index (χ1) is 11.0. The highest BCUT2D eigenvalue weighted by Crippen LogP contribution is 2.18. The molecule has 0 saturated carbocycles. The zero-order valence-electron chi connectivity index (χ0n) is 12.8. The minimum absolute atomic E-state index is 0.220. The molecule has 0 saturated heterocycles. The van der Waals surface area contributed by atoms with Gasteiger partial charge in [0.1, 0.15) is 5.82 Å². The fourth-order valence-electron chi connectivity index (χ4n) is 2.05. The van der Waals surface area contributed by atoms with Gasteiger partial charge in [0, 0.05) is 12.2 Å². The minimum Gasteiger partial charge on any atom is -0.465 e. The fraction of sp³-hybridized carbons (Fsp3) is 0.176. The van der Waals surface area contributed by atoms with Crippen LogP contribution < -0.4 is 5.32 Å². The maximum atomic E-state index is 13.2. The number of hydrogen-bond acceptors (Lipinski definition) is 5. The number of halogens is 1. The van der Waals surface area contributed by atoms with Crippen molar-refractivity contribution in [3.8, 4) is 0 Å². The van der Waals surface area contributed by atoms with E-state index in [4.69, 9.17) is 0 Å². The van der Waals surface area contributed by atoms with Crippen molar-refractivity contribution in [2.24, 2.45) is 0 Å². The molecule has 0 aliphatic rings. The van der Waals surface area contributed by atoms with Crippen LogP contribution in [0.2, 0.25) is 0 Å². The van der Waals surface area contributed by atoms with Crippen LogP contribution in [0.3, 0.4) is 0 Å². The normalized spacial score (nSPS) is 10.0. The maximum absolute atomic E-state index is 13.2. The Balaban J connectivity index is 2.26. The van der Waals surface area contributed by atoms with Crippen molar-refractivity contribution in [3.05, 3.63) is 65.0 Å². The Morgan fingerprint density at radius 3 is 2.13 bits per heavy atom. The predicted molar refractivity (Wildman–Crippen MR) is 82.8 cm³/mol. The molecule has 0 aliphatic carbocycles. The first-order valence-electron chi connectivity index (χ1n) is 6.83. The van der Waals surface area contributed by atoms with Gasteiger partial charge >= 0.3 is 11.9 Å². The van der Waals surface area contributed by atoms with Gasteiger partial charge in [-0.1, -0.05) is 12.1 Å². The zero-order valence-corrected chi connectivity index (χ0v) is 12.8. The third-order valence-corrected chi connectivity index (χ3v) is 3.16. The Labute approximate surface area is 133 Å². The smallest absolute Gasteiger partial charge is 0.337 e. The van der Waals surface area contributed by atoms with Gasteiger partial charge in [-0.2, -0.15) is 0 Å². The number of carbonyl (C=O) groups excluding carboxylic acids is 2. The van der Waals surface area contributed by atoms with E-state index in [0.29, 0.717) is 12.2 Å². The number of rotatable bonds is 5. The topological polar surface area (TPSA) is 64.6 Å². The highest BCUT2D eigenvalue weighted by Gasteiger charge is 2.13. The van der Waals surface area contributed by atoms with Gasteiger partial charge < -0.3 is 14.8 Å². The van der Waals surface area contributed by atoms with E-state index in [2.05, 4.69) is 14.8 Å². The molecule has 0 fully saturated rings. The van der Waals surface area contributed by atoms with E-state index < -0.39 is 11.9 Å². The summed E-state index contributed by atoms with van der Waals surface area (Å²) in [5.41, 5.74) is 1.69. The number of ether oxygens (including phenoxy) is 2. The quantitative estimate of drug-likeness (QED) is 0.859. The summed E-state index contributed by atoms with van der Waals surface area (Å²) >= 11 is 0. The lowest BCUT2D eigenvalue weighted by atomic mass is 10.1. The van der Waals surface area contributed by atoms with Crippen LogP contribution >= 0.6 is 0 Å². The van der Waals surface area contributed by atoms with E-state index in [1.165, 1.54) is 32.4 Å². The van der Waals surface area contributed by atoms with Gasteiger partial charge in [-0.15, -0.1) is 0 Å². The average Bonchev–Trinajstić information content (AvgIpc) is 2.58. The highest BCUT2D eigenvalue weighted by molar-refractivity contribution is 5.96. The SMILES string of the molecule is COC(=O)c1cc(NCc2cccc(F)c2)cc(C(=O)OC)c1. The molecule has 0 spiro atoms. The molecule has 2 rings (SSSR count). The predicted octanol–water partition coefficient (Wildman–Crippen LogP) is 3.01. The van der Waals surface area contributed by atoms with Gasteiger partial charge in [-0.25, -0.2) is 14.0 Å². The molecule has 120 valence electrons. The molecule has 0 amide bonds. The molecule has 1 N–H and O–H groups in total. The second-order valence-corrected chi connectivity index (χ2v) is 4.77. The van der Waals surface area contributed by atoms with E-state index in [0.717, 1.165) is 5.56 Å². The van der Waals surface area contributed by atoms with Gasteiger partial charge in [-0.3, -0.25) is 0 Å². The summed E-state index contributed by atoms with van der Waals surface area (Å²) in [4.78, 5) is 23.4. The van der Waals surface area contributed by atoms with E-state index in [-0.39, 0.29) is 16.9 Å². The summed E-state index contributed by atoms with van der Waals surface area (Å²) < 4.78 is 22.5. The lowest BCUT2D eigenvalue weighted by Gasteiger charge is -2.10. The molecule has 0 heterocycles. The Morgan fingerprint density at radius 1 is 1.00 bits per heavy atom. The molecule has 2 aromatic carbocycles. The molecular formula is C17H16FNO4. The average molecular weight is 317 g/mol. The van der Waals surface area contributed by atoms with E-state index in [1.807, 2.05) is 0 Å². The molecule has 2 aromatic rings. The number of benzene rings is 2. The summed E-state index contributed by atoms with van der Waals surface area (Å²) in [6, 6.07) is 10.6. The van der Waals surface area contributed by atoms with Crippen molar-refractivity contribution in [2.45, 2.75) is 6.54 Å². The van der Waals surface area contributed by atoms with Crippen molar-refractivity contribution in [1.82, 2.24) is 0 Å². The van der Waals surface area contributed by atoms with Gasteiger partial charge in [-0.05, 0) is 35.9 Å². The van der Waals surface area contributed by atoms with Crippen LogP contribution in [0.15, 0.2) is 42.5 Å². The van der Waals surface area contributed by atoms with Crippen LogP contribution in [-0.2, 0) is 16.0 Å². The van der Waals surface area contributed by atoms with E-state index >= 15 is 0 Å². The summed E-state index contributed by atoms with van der Waals surface area (Å²) in [5, 5.41) is 3.04. The number of methoxy groups -OCH3 is 2. The molecule has 23 heavy (non-hydrogen) atoms. The Kier molecular flexibility index (Phi) is 5.30. The van der Waals surface area contributed by atoms with Crippen LogP contribution in [0.4, 0.5) is 10.1 Å². The largest absolute Gasteiger partial charge is 0.465 e. The van der Waals surface area contributed by atoms with Crippen LogP contribution in [0, 0.1) is 5.82 Å². The molecule has 6 heteroatoms. The third kappa shape index (κ3) is 4.29. The van der Waals surface area contributed by atoms with Crippen molar-refractivity contribution >= 4 is 17.6 Å². The molecule has 0 aromatic heterocycles. The molecule has 0 unspecified atom stereocenters. The molecule has 0 atom stereocenters. The minimum atomic E-state index is -0.565. The van der Waals surface area contributed by atoms with Gasteiger partial charge in [0.25, 0.3) is 0 Å². The molecule has 0 bridgehead atoms. The summed E-state index contributed by atoms with van der Waals surface area (Å²) in [7, 11) is 2.51. The summed E-state index contributed by atoms with van der Waals surface area (Å²) in [5.74, 6) is -1.46. The first kappa shape index (κ1) is 16.5. The highest BCUT2D eigenvalue weighted by atomic mass is 19.1. The van der Waals surface area contributed by atoms with Crippen LogP contribution in [0.5, 0.6) is 0 Å². The number of esters is 2. The first-order valence-corrected chi connectivity index (χ1v) is 6.83. The van der Waals surface area contributed by atoms with Crippen molar-refractivity contribution < 1.29 is 23.5 Å².